The molecule has 1 atom stereocenters. The zero-order chi connectivity index (χ0) is 23.6. The summed E-state index contributed by atoms with van der Waals surface area (Å²) in [6, 6.07) is 14.8. The van der Waals surface area contributed by atoms with Gasteiger partial charge in [0.15, 0.2) is 6.19 Å². The summed E-state index contributed by atoms with van der Waals surface area (Å²) in [5, 5.41) is 15.7. The Labute approximate surface area is 201 Å². The molecule has 1 unspecified atom stereocenters. The van der Waals surface area contributed by atoms with Crippen molar-refractivity contribution in [2.24, 2.45) is 4.99 Å². The van der Waals surface area contributed by atoms with E-state index in [1.54, 1.807) is 24.3 Å². The maximum atomic E-state index is 13.1. The van der Waals surface area contributed by atoms with Crippen LogP contribution in [-0.2, 0) is 0 Å². The minimum Gasteiger partial charge on any atom is -0.338 e. The lowest BCUT2D eigenvalue weighted by Gasteiger charge is -2.42. The molecule has 0 aromatic heterocycles. The fourth-order valence-electron chi connectivity index (χ4n) is 3.95. The Morgan fingerprint density at radius 1 is 1.18 bits per heavy atom. The fourth-order valence-corrected chi connectivity index (χ4v) is 4.08. The van der Waals surface area contributed by atoms with Crippen molar-refractivity contribution in [1.82, 2.24) is 15.1 Å². The third-order valence-corrected chi connectivity index (χ3v) is 6.04. The number of aliphatic imine (C=N–C) groups is 1. The number of nitrogens with one attached hydrogen (secondary N) is 2. The lowest BCUT2D eigenvalue weighted by molar-refractivity contribution is 0.128. The Hall–Kier alpha value is -3.24. The molecular weight excluding hydrogens is 436 g/mol. The summed E-state index contributed by atoms with van der Waals surface area (Å²) in [4.78, 5) is 21.8. The van der Waals surface area contributed by atoms with E-state index < -0.39 is 0 Å². The molecule has 0 spiro atoms. The van der Waals surface area contributed by atoms with Crippen molar-refractivity contribution in [2.75, 3.05) is 25.0 Å². The highest BCUT2D eigenvalue weighted by molar-refractivity contribution is 6.30. The van der Waals surface area contributed by atoms with Gasteiger partial charge >= 0.3 is 6.03 Å². The number of carbonyl (C=O) groups is 1. The number of urea groups is 1. The van der Waals surface area contributed by atoms with Crippen LogP contribution in [-0.4, -0.2) is 47.5 Å². The normalized spacial score (nSPS) is 16.3. The summed E-state index contributed by atoms with van der Waals surface area (Å²) < 4.78 is 0. The van der Waals surface area contributed by atoms with Gasteiger partial charge in [0.1, 0.15) is 0 Å². The van der Waals surface area contributed by atoms with Crippen molar-refractivity contribution in [3.63, 3.8) is 0 Å². The third-order valence-electron chi connectivity index (χ3n) is 5.79. The first-order valence-corrected chi connectivity index (χ1v) is 11.8. The summed E-state index contributed by atoms with van der Waals surface area (Å²) >= 11 is 5.96. The smallest absolute Gasteiger partial charge is 0.322 e. The molecule has 1 fully saturated rings. The van der Waals surface area contributed by atoms with E-state index in [1.165, 1.54) is 0 Å². The number of unbranched alkanes of at least 4 members (excludes halogenated alkanes) is 2. The van der Waals surface area contributed by atoms with Gasteiger partial charge in [0, 0.05) is 30.3 Å². The molecule has 2 aromatic carbocycles. The predicted octanol–water partition coefficient (Wildman–Crippen LogP) is 5.51. The predicted molar refractivity (Wildman–Crippen MR) is 134 cm³/mol. The topological polar surface area (TPSA) is 83.8 Å². The van der Waals surface area contributed by atoms with E-state index in [0.29, 0.717) is 36.3 Å². The highest BCUT2D eigenvalue weighted by Crippen LogP contribution is 2.22. The molecule has 0 bridgehead atoms. The van der Waals surface area contributed by atoms with Crippen molar-refractivity contribution in [3.05, 3.63) is 59.1 Å². The molecule has 33 heavy (non-hydrogen) atoms. The molecule has 8 heteroatoms. The van der Waals surface area contributed by atoms with Gasteiger partial charge in [0.05, 0.1) is 11.7 Å². The minimum atomic E-state index is -0.121. The fraction of sp³-hybridized carbons (Fsp3) is 0.400. The summed E-state index contributed by atoms with van der Waals surface area (Å²) in [6.45, 7) is 5.89. The molecule has 3 rings (SSSR count). The molecule has 1 aliphatic rings. The maximum absolute atomic E-state index is 13.1. The Morgan fingerprint density at radius 3 is 2.64 bits per heavy atom. The highest BCUT2D eigenvalue weighted by atomic mass is 35.5. The Balaban J connectivity index is 1.77. The van der Waals surface area contributed by atoms with Gasteiger partial charge in [-0.3, -0.25) is 5.32 Å². The lowest BCUT2D eigenvalue weighted by Crippen LogP contribution is -2.59. The van der Waals surface area contributed by atoms with Crippen LogP contribution in [0.3, 0.4) is 0 Å². The van der Waals surface area contributed by atoms with Crippen LogP contribution in [0.2, 0.25) is 5.02 Å². The summed E-state index contributed by atoms with van der Waals surface area (Å²) in [5.41, 5.74) is 2.57. The van der Waals surface area contributed by atoms with Crippen molar-refractivity contribution in [2.45, 2.75) is 45.6 Å². The number of amides is 2. The number of anilines is 1. The number of aryl methyl sites for hydroxylation is 1. The number of piperazine rings is 1. The van der Waals surface area contributed by atoms with Gasteiger partial charge in [0.25, 0.3) is 0 Å². The number of hydrogen-bond acceptors (Lipinski definition) is 3. The van der Waals surface area contributed by atoms with Crippen LogP contribution >= 0.6 is 11.6 Å². The van der Waals surface area contributed by atoms with Crippen molar-refractivity contribution >= 4 is 35.0 Å². The van der Waals surface area contributed by atoms with Crippen LogP contribution in [0.4, 0.5) is 16.2 Å². The van der Waals surface area contributed by atoms with E-state index in [2.05, 4.69) is 22.5 Å². The van der Waals surface area contributed by atoms with E-state index in [9.17, 15) is 10.1 Å². The third kappa shape index (κ3) is 6.87. The van der Waals surface area contributed by atoms with E-state index in [0.717, 1.165) is 36.9 Å². The first-order valence-electron chi connectivity index (χ1n) is 11.4. The molecule has 2 aromatic rings. The largest absolute Gasteiger partial charge is 0.338 e. The van der Waals surface area contributed by atoms with Gasteiger partial charge < -0.3 is 15.1 Å². The lowest BCUT2D eigenvalue weighted by atomic mass is 10.0. The number of nitrogens with zero attached hydrogens (tertiary/aromatic N) is 4. The zero-order valence-electron chi connectivity index (χ0n) is 19.2. The van der Waals surface area contributed by atoms with Crippen molar-refractivity contribution in [3.8, 4) is 6.19 Å². The van der Waals surface area contributed by atoms with Gasteiger partial charge in [0.2, 0.25) is 5.96 Å². The number of halogens is 1. The number of nitriles is 1. The Morgan fingerprint density at radius 2 is 1.94 bits per heavy atom. The van der Waals surface area contributed by atoms with Crippen molar-refractivity contribution < 1.29 is 4.79 Å². The molecule has 0 saturated carbocycles. The molecule has 1 aliphatic heterocycles. The molecule has 7 nitrogen and oxygen atoms in total. The van der Waals surface area contributed by atoms with Crippen LogP contribution in [0, 0.1) is 18.4 Å². The van der Waals surface area contributed by atoms with Crippen LogP contribution in [0.1, 0.15) is 38.2 Å². The van der Waals surface area contributed by atoms with Crippen LogP contribution in [0.15, 0.2) is 53.5 Å². The standard InChI is InChI=1S/C25H31ClN6O/c1-3-4-5-9-22-17-31(24(28-18-27)30-23-10-7-6-8-19(23)2)15-16-32(22)25(33)29-21-13-11-20(26)12-14-21/h6-8,10-14,22H,3-5,9,15-17H2,1-2H3,(H,28,30)(H,29,33). The number of para-hydroxylation sites is 1. The second-order valence-corrected chi connectivity index (χ2v) is 8.62. The second-order valence-electron chi connectivity index (χ2n) is 8.18. The average molecular weight is 467 g/mol. The quantitative estimate of drug-likeness (QED) is 0.193. The second kappa shape index (κ2) is 12.1. The van der Waals surface area contributed by atoms with Crippen molar-refractivity contribution in [1.29, 1.82) is 5.26 Å². The maximum Gasteiger partial charge on any atom is 0.322 e. The van der Waals surface area contributed by atoms with E-state index >= 15 is 0 Å². The van der Waals surface area contributed by atoms with E-state index in [-0.39, 0.29) is 12.1 Å². The average Bonchev–Trinajstić information content (AvgIpc) is 2.81. The van der Waals surface area contributed by atoms with E-state index in [1.807, 2.05) is 42.3 Å². The molecular formula is C25H31ClN6O. The van der Waals surface area contributed by atoms with Crippen LogP contribution in [0.25, 0.3) is 0 Å². The molecule has 0 aliphatic carbocycles. The number of benzene rings is 2. The highest BCUT2D eigenvalue weighted by Gasteiger charge is 2.31. The molecule has 0 radical (unpaired) electrons. The summed E-state index contributed by atoms with van der Waals surface area (Å²) in [6.07, 6.45) is 6.18. The number of guanidine groups is 1. The Kier molecular flexibility index (Phi) is 8.96. The van der Waals surface area contributed by atoms with Gasteiger partial charge in [-0.25, -0.2) is 9.79 Å². The molecule has 2 amide bonds. The summed E-state index contributed by atoms with van der Waals surface area (Å²) in [7, 11) is 0. The number of carbonyl (C=O) groups excluding carboxylic acids is 1. The SMILES string of the molecule is CCCCCC1CN(C(=Nc2ccccc2C)NC#N)CCN1C(=O)Nc1ccc(Cl)cc1. The number of rotatable bonds is 6. The van der Waals surface area contributed by atoms with Gasteiger partial charge in [-0.1, -0.05) is 56.0 Å². The Bertz CT molecular complexity index is 1000. The zero-order valence-corrected chi connectivity index (χ0v) is 20.0. The number of hydrogen-bond donors (Lipinski definition) is 2. The van der Waals surface area contributed by atoms with Crippen LogP contribution in [0.5, 0.6) is 0 Å². The first kappa shape index (κ1) is 24.4. The molecule has 2 N–H and O–H groups in total. The monoisotopic (exact) mass is 466 g/mol. The molecule has 174 valence electrons. The van der Waals surface area contributed by atoms with Gasteiger partial charge in [-0.15, -0.1) is 0 Å². The first-order chi connectivity index (χ1) is 16.0. The van der Waals surface area contributed by atoms with E-state index in [4.69, 9.17) is 16.6 Å². The van der Waals surface area contributed by atoms with Crippen LogP contribution < -0.4 is 10.6 Å². The molecule has 1 saturated heterocycles. The minimum absolute atomic E-state index is 0.0140. The summed E-state index contributed by atoms with van der Waals surface area (Å²) in [5.74, 6) is 0.519. The molecule has 1 heterocycles. The van der Waals surface area contributed by atoms with Gasteiger partial charge in [-0.05, 0) is 49.2 Å². The van der Waals surface area contributed by atoms with Gasteiger partial charge in [-0.2, -0.15) is 5.26 Å².